The molecule has 5 heteroatoms. The van der Waals surface area contributed by atoms with E-state index in [-0.39, 0.29) is 5.82 Å². The minimum absolute atomic E-state index is 0.214. The van der Waals surface area contributed by atoms with Gasteiger partial charge in [0.05, 0.1) is 0 Å². The quantitative estimate of drug-likeness (QED) is 0.732. The molecule has 0 fully saturated rings. The fourth-order valence-electron chi connectivity index (χ4n) is 0.542. The number of rotatable bonds is 2. The van der Waals surface area contributed by atoms with E-state index in [2.05, 4.69) is 15.0 Å². The van der Waals surface area contributed by atoms with E-state index in [1.165, 1.54) is 26.2 Å². The molecule has 0 atom stereocenters. The van der Waals surface area contributed by atoms with Crippen molar-refractivity contribution >= 4 is 11.7 Å². The third kappa shape index (κ3) is 2.05. The zero-order valence-corrected chi connectivity index (χ0v) is 6.80. The first-order valence-corrected chi connectivity index (χ1v) is 3.41. The normalized spacial score (nSPS) is 11.2. The van der Waals surface area contributed by atoms with Gasteiger partial charge in [-0.25, -0.2) is 4.39 Å². The van der Waals surface area contributed by atoms with Crippen LogP contribution in [0.3, 0.4) is 0 Å². The third-order valence-corrected chi connectivity index (χ3v) is 1.22. The fourth-order valence-corrected chi connectivity index (χ4v) is 0.542. The van der Waals surface area contributed by atoms with E-state index in [0.29, 0.717) is 0 Å². The van der Waals surface area contributed by atoms with Crippen LogP contribution in [0, 0.1) is 0 Å². The van der Waals surface area contributed by atoms with Gasteiger partial charge in [-0.15, -0.1) is 0 Å². The molecular formula is C7H9FN2O2. The van der Waals surface area contributed by atoms with Crippen molar-refractivity contribution in [1.29, 1.82) is 0 Å². The Kier molecular flexibility index (Phi) is 2.12. The first-order valence-electron chi connectivity index (χ1n) is 3.41. The van der Waals surface area contributed by atoms with Gasteiger partial charge in [-0.2, -0.15) is 0 Å². The Labute approximate surface area is 68.7 Å². The SMILES string of the molecule is CC(C)(F)C(=O)Nc1ccon1. The summed E-state index contributed by atoms with van der Waals surface area (Å²) in [5.74, 6) is -0.526. The summed E-state index contributed by atoms with van der Waals surface area (Å²) in [5.41, 5.74) is -1.90. The van der Waals surface area contributed by atoms with E-state index in [0.717, 1.165) is 0 Å². The van der Waals surface area contributed by atoms with Crippen molar-refractivity contribution in [3.05, 3.63) is 12.3 Å². The van der Waals surface area contributed by atoms with Gasteiger partial charge in [-0.1, -0.05) is 5.16 Å². The second kappa shape index (κ2) is 2.92. The Morgan fingerprint density at radius 2 is 2.42 bits per heavy atom. The summed E-state index contributed by atoms with van der Waals surface area (Å²) in [4.78, 5) is 11.0. The monoisotopic (exact) mass is 172 g/mol. The molecule has 4 nitrogen and oxygen atoms in total. The van der Waals surface area contributed by atoms with Crippen LogP contribution in [0.5, 0.6) is 0 Å². The number of nitrogens with one attached hydrogen (secondary N) is 1. The van der Waals surface area contributed by atoms with Crippen LogP contribution in [0.1, 0.15) is 13.8 Å². The van der Waals surface area contributed by atoms with E-state index in [4.69, 9.17) is 0 Å². The van der Waals surface area contributed by atoms with Crippen LogP contribution in [-0.2, 0) is 4.79 Å². The van der Waals surface area contributed by atoms with Crippen LogP contribution >= 0.6 is 0 Å². The lowest BCUT2D eigenvalue weighted by atomic mass is 10.1. The maximum Gasteiger partial charge on any atom is 0.262 e. The molecule has 0 bridgehead atoms. The highest BCUT2D eigenvalue weighted by atomic mass is 19.1. The summed E-state index contributed by atoms with van der Waals surface area (Å²) in [6.45, 7) is 2.34. The molecule has 1 aromatic rings. The van der Waals surface area contributed by atoms with Gasteiger partial charge in [-0.05, 0) is 13.8 Å². The lowest BCUT2D eigenvalue weighted by Gasteiger charge is -2.11. The fraction of sp³-hybridized carbons (Fsp3) is 0.429. The average molecular weight is 172 g/mol. The Morgan fingerprint density at radius 3 is 2.83 bits per heavy atom. The van der Waals surface area contributed by atoms with Crippen molar-refractivity contribution in [2.45, 2.75) is 19.5 Å². The second-order valence-electron chi connectivity index (χ2n) is 2.81. The number of alkyl halides is 1. The molecule has 1 amide bonds. The molecule has 1 rings (SSSR count). The molecule has 1 N–H and O–H groups in total. The van der Waals surface area contributed by atoms with E-state index in [9.17, 15) is 9.18 Å². The molecule has 0 aromatic carbocycles. The first-order chi connectivity index (χ1) is 5.50. The Bertz CT molecular complexity index is 263. The van der Waals surface area contributed by atoms with Crippen molar-refractivity contribution in [1.82, 2.24) is 5.16 Å². The number of halogens is 1. The highest BCUT2D eigenvalue weighted by Gasteiger charge is 2.26. The van der Waals surface area contributed by atoms with Crippen LogP contribution in [-0.4, -0.2) is 16.7 Å². The Morgan fingerprint density at radius 1 is 1.75 bits per heavy atom. The number of amides is 1. The number of aromatic nitrogens is 1. The molecule has 0 aliphatic rings. The van der Waals surface area contributed by atoms with Gasteiger partial charge in [0.25, 0.3) is 5.91 Å². The third-order valence-electron chi connectivity index (χ3n) is 1.22. The van der Waals surface area contributed by atoms with Crippen LogP contribution < -0.4 is 5.32 Å². The van der Waals surface area contributed by atoms with Gasteiger partial charge in [0, 0.05) is 6.07 Å². The van der Waals surface area contributed by atoms with Gasteiger partial charge in [0.1, 0.15) is 6.26 Å². The molecule has 0 radical (unpaired) electrons. The van der Waals surface area contributed by atoms with E-state index in [1.807, 2.05) is 0 Å². The lowest BCUT2D eigenvalue weighted by Crippen LogP contribution is -2.32. The molecule has 0 unspecified atom stereocenters. The number of carbonyl (C=O) groups is 1. The zero-order valence-electron chi connectivity index (χ0n) is 6.80. The molecule has 0 saturated carbocycles. The van der Waals surface area contributed by atoms with Crippen molar-refractivity contribution in [3.63, 3.8) is 0 Å². The molecule has 0 aliphatic heterocycles. The van der Waals surface area contributed by atoms with Gasteiger partial charge < -0.3 is 9.84 Å². The summed E-state index contributed by atoms with van der Waals surface area (Å²) in [6, 6.07) is 1.43. The predicted octanol–water partition coefficient (Wildman–Crippen LogP) is 1.36. The van der Waals surface area contributed by atoms with E-state index < -0.39 is 11.6 Å². The number of nitrogens with zero attached hydrogens (tertiary/aromatic N) is 1. The highest BCUT2D eigenvalue weighted by molar-refractivity contribution is 5.95. The minimum Gasteiger partial charge on any atom is -0.363 e. The minimum atomic E-state index is -1.90. The van der Waals surface area contributed by atoms with Crippen LogP contribution in [0.15, 0.2) is 16.9 Å². The summed E-state index contributed by atoms with van der Waals surface area (Å²) in [7, 11) is 0. The van der Waals surface area contributed by atoms with Gasteiger partial charge in [0.2, 0.25) is 0 Å². The summed E-state index contributed by atoms with van der Waals surface area (Å²) >= 11 is 0. The molecule has 0 aliphatic carbocycles. The second-order valence-corrected chi connectivity index (χ2v) is 2.81. The number of carbonyl (C=O) groups excluding carboxylic acids is 1. The standard InChI is InChI=1S/C7H9FN2O2/c1-7(2,8)6(11)9-5-3-4-12-10-5/h3-4H,1-2H3,(H,9,10,11). The van der Waals surface area contributed by atoms with Crippen molar-refractivity contribution in [2.75, 3.05) is 5.32 Å². The van der Waals surface area contributed by atoms with Crippen molar-refractivity contribution in [3.8, 4) is 0 Å². The van der Waals surface area contributed by atoms with E-state index >= 15 is 0 Å². The van der Waals surface area contributed by atoms with Gasteiger partial charge >= 0.3 is 0 Å². The Balaban J connectivity index is 2.60. The molecule has 1 heterocycles. The maximum atomic E-state index is 12.9. The molecule has 66 valence electrons. The number of hydrogen-bond donors (Lipinski definition) is 1. The van der Waals surface area contributed by atoms with Gasteiger partial charge in [0.15, 0.2) is 11.5 Å². The van der Waals surface area contributed by atoms with Crippen LogP contribution in [0.4, 0.5) is 10.2 Å². The van der Waals surface area contributed by atoms with Crippen LogP contribution in [0.25, 0.3) is 0 Å². The topological polar surface area (TPSA) is 55.1 Å². The summed E-state index contributed by atoms with van der Waals surface area (Å²) in [6.07, 6.45) is 1.29. The van der Waals surface area contributed by atoms with E-state index in [1.54, 1.807) is 0 Å². The number of anilines is 1. The molecule has 0 spiro atoms. The molecular weight excluding hydrogens is 163 g/mol. The average Bonchev–Trinajstić information content (AvgIpc) is 2.37. The maximum absolute atomic E-state index is 12.9. The molecule has 1 aromatic heterocycles. The Hall–Kier alpha value is -1.39. The predicted molar refractivity (Wildman–Crippen MR) is 40.3 cm³/mol. The highest BCUT2D eigenvalue weighted by Crippen LogP contribution is 2.11. The number of hydrogen-bond acceptors (Lipinski definition) is 3. The lowest BCUT2D eigenvalue weighted by molar-refractivity contribution is -0.125. The van der Waals surface area contributed by atoms with Gasteiger partial charge in [-0.3, -0.25) is 4.79 Å². The van der Waals surface area contributed by atoms with Crippen molar-refractivity contribution < 1.29 is 13.7 Å². The largest absolute Gasteiger partial charge is 0.363 e. The summed E-state index contributed by atoms with van der Waals surface area (Å²) in [5, 5.41) is 5.64. The molecule has 0 saturated heterocycles. The van der Waals surface area contributed by atoms with Crippen molar-refractivity contribution in [2.24, 2.45) is 0 Å². The zero-order chi connectivity index (χ0) is 9.19. The van der Waals surface area contributed by atoms with Crippen LogP contribution in [0.2, 0.25) is 0 Å². The summed E-state index contributed by atoms with van der Waals surface area (Å²) < 4.78 is 17.3. The molecule has 12 heavy (non-hydrogen) atoms. The smallest absolute Gasteiger partial charge is 0.262 e. The first kappa shape index (κ1) is 8.70.